The van der Waals surface area contributed by atoms with Crippen molar-refractivity contribution in [3.8, 4) is 0 Å². The van der Waals surface area contributed by atoms with E-state index in [0.717, 1.165) is 39.0 Å². The van der Waals surface area contributed by atoms with Crippen LogP contribution in [-0.2, 0) is 4.79 Å². The second kappa shape index (κ2) is 8.11. The molecule has 126 valence electrons. The zero-order chi connectivity index (χ0) is 16.8. The van der Waals surface area contributed by atoms with Crippen molar-refractivity contribution in [3.05, 3.63) is 29.8 Å². The Balaban J connectivity index is 1.98. The minimum Gasteiger partial charge on any atom is -0.336 e. The number of carbonyl (C=O) groups is 2. The summed E-state index contributed by atoms with van der Waals surface area (Å²) in [6, 6.07) is 7.77. The third-order valence-corrected chi connectivity index (χ3v) is 4.49. The fourth-order valence-electron chi connectivity index (χ4n) is 3.21. The fraction of sp³-hybridized carbons (Fsp3) is 0.556. The first-order valence-corrected chi connectivity index (χ1v) is 8.46. The summed E-state index contributed by atoms with van der Waals surface area (Å²) in [5.74, 6) is -0.0882. The molecule has 1 aliphatic rings. The smallest absolute Gasteiger partial charge is 0.254 e. The quantitative estimate of drug-likeness (QED) is 0.908. The van der Waals surface area contributed by atoms with Crippen LogP contribution in [0.25, 0.3) is 0 Å². The van der Waals surface area contributed by atoms with Gasteiger partial charge in [0.2, 0.25) is 5.91 Å². The van der Waals surface area contributed by atoms with E-state index in [9.17, 15) is 9.59 Å². The molecule has 0 spiro atoms. The Morgan fingerprint density at radius 2 is 1.78 bits per heavy atom. The van der Waals surface area contributed by atoms with Crippen LogP contribution >= 0.6 is 0 Å². The SMILES string of the molecule is CCC(CC)N1CCN(C(=O)c2cccc(NC(C)=O)c2)CC1. The van der Waals surface area contributed by atoms with E-state index in [0.29, 0.717) is 17.3 Å². The Labute approximate surface area is 138 Å². The predicted molar refractivity (Wildman–Crippen MR) is 92.6 cm³/mol. The molecular weight excluding hydrogens is 290 g/mol. The summed E-state index contributed by atoms with van der Waals surface area (Å²) in [5, 5.41) is 2.72. The van der Waals surface area contributed by atoms with Gasteiger partial charge in [0.1, 0.15) is 0 Å². The molecule has 0 saturated carbocycles. The van der Waals surface area contributed by atoms with Crippen molar-refractivity contribution in [2.45, 2.75) is 39.7 Å². The molecule has 0 atom stereocenters. The summed E-state index contributed by atoms with van der Waals surface area (Å²) in [5.41, 5.74) is 1.30. The highest BCUT2D eigenvalue weighted by Crippen LogP contribution is 2.16. The molecule has 1 saturated heterocycles. The van der Waals surface area contributed by atoms with E-state index in [1.165, 1.54) is 6.92 Å². The molecular formula is C18H27N3O2. The number of nitrogens with zero attached hydrogens (tertiary/aromatic N) is 2. The summed E-state index contributed by atoms with van der Waals surface area (Å²) in [6.07, 6.45) is 2.31. The van der Waals surface area contributed by atoms with Gasteiger partial charge in [0.05, 0.1) is 0 Å². The van der Waals surface area contributed by atoms with E-state index < -0.39 is 0 Å². The van der Waals surface area contributed by atoms with Crippen molar-refractivity contribution < 1.29 is 9.59 Å². The zero-order valence-electron chi connectivity index (χ0n) is 14.3. The molecule has 0 aromatic heterocycles. The van der Waals surface area contributed by atoms with Gasteiger partial charge in [-0.1, -0.05) is 19.9 Å². The monoisotopic (exact) mass is 317 g/mol. The van der Waals surface area contributed by atoms with Gasteiger partial charge < -0.3 is 10.2 Å². The molecule has 0 bridgehead atoms. The lowest BCUT2D eigenvalue weighted by molar-refractivity contribution is -0.114. The van der Waals surface area contributed by atoms with Crippen molar-refractivity contribution in [2.75, 3.05) is 31.5 Å². The van der Waals surface area contributed by atoms with Gasteiger partial charge in [0, 0.05) is 50.4 Å². The second-order valence-corrected chi connectivity index (χ2v) is 6.06. The van der Waals surface area contributed by atoms with Crippen molar-refractivity contribution >= 4 is 17.5 Å². The molecule has 1 aromatic carbocycles. The highest BCUT2D eigenvalue weighted by molar-refractivity contribution is 5.96. The van der Waals surface area contributed by atoms with Gasteiger partial charge in [0.15, 0.2) is 0 Å². The zero-order valence-corrected chi connectivity index (χ0v) is 14.3. The second-order valence-electron chi connectivity index (χ2n) is 6.06. The maximum absolute atomic E-state index is 12.6. The lowest BCUT2D eigenvalue weighted by atomic mass is 10.1. The van der Waals surface area contributed by atoms with E-state index in [-0.39, 0.29) is 11.8 Å². The van der Waals surface area contributed by atoms with Crippen molar-refractivity contribution in [1.29, 1.82) is 0 Å². The molecule has 2 amide bonds. The van der Waals surface area contributed by atoms with Crippen molar-refractivity contribution in [2.24, 2.45) is 0 Å². The first kappa shape index (κ1) is 17.5. The number of benzene rings is 1. The van der Waals surface area contributed by atoms with Crippen LogP contribution in [0.5, 0.6) is 0 Å². The normalized spacial score (nSPS) is 15.7. The third kappa shape index (κ3) is 4.55. The molecule has 0 unspecified atom stereocenters. The highest BCUT2D eigenvalue weighted by Gasteiger charge is 2.25. The number of nitrogens with one attached hydrogen (secondary N) is 1. The maximum atomic E-state index is 12.6. The Hall–Kier alpha value is -1.88. The van der Waals surface area contributed by atoms with Gasteiger partial charge in [-0.3, -0.25) is 14.5 Å². The van der Waals surface area contributed by atoms with Crippen LogP contribution in [0.3, 0.4) is 0 Å². The molecule has 5 heteroatoms. The van der Waals surface area contributed by atoms with Gasteiger partial charge >= 0.3 is 0 Å². The van der Waals surface area contributed by atoms with E-state index in [1.807, 2.05) is 4.90 Å². The first-order chi connectivity index (χ1) is 11.0. The molecule has 1 aromatic rings. The largest absolute Gasteiger partial charge is 0.336 e. The summed E-state index contributed by atoms with van der Waals surface area (Å²) in [7, 11) is 0. The predicted octanol–water partition coefficient (Wildman–Crippen LogP) is 2.59. The van der Waals surface area contributed by atoms with Crippen LogP contribution < -0.4 is 5.32 Å². The van der Waals surface area contributed by atoms with Gasteiger partial charge in [-0.15, -0.1) is 0 Å². The minimum atomic E-state index is -0.131. The first-order valence-electron chi connectivity index (χ1n) is 8.46. The Bertz CT molecular complexity index is 547. The summed E-state index contributed by atoms with van der Waals surface area (Å²) in [4.78, 5) is 28.2. The van der Waals surface area contributed by atoms with Crippen molar-refractivity contribution in [3.63, 3.8) is 0 Å². The van der Waals surface area contributed by atoms with E-state index >= 15 is 0 Å². The minimum absolute atomic E-state index is 0.0430. The molecule has 1 N–H and O–H groups in total. The highest BCUT2D eigenvalue weighted by atomic mass is 16.2. The summed E-state index contributed by atoms with van der Waals surface area (Å²) < 4.78 is 0. The van der Waals surface area contributed by atoms with Gasteiger partial charge in [0.25, 0.3) is 5.91 Å². The van der Waals surface area contributed by atoms with E-state index in [2.05, 4.69) is 24.1 Å². The van der Waals surface area contributed by atoms with Crippen LogP contribution in [0, 0.1) is 0 Å². The Morgan fingerprint density at radius 1 is 1.13 bits per heavy atom. The maximum Gasteiger partial charge on any atom is 0.254 e. The number of rotatable bonds is 5. The number of piperazine rings is 1. The molecule has 0 radical (unpaired) electrons. The lowest BCUT2D eigenvalue weighted by Crippen LogP contribution is -2.51. The number of anilines is 1. The topological polar surface area (TPSA) is 52.6 Å². The van der Waals surface area contributed by atoms with Gasteiger partial charge in [-0.2, -0.15) is 0 Å². The van der Waals surface area contributed by atoms with Crippen LogP contribution in [0.4, 0.5) is 5.69 Å². The number of carbonyl (C=O) groups excluding carboxylic acids is 2. The number of hydrogen-bond acceptors (Lipinski definition) is 3. The molecule has 2 rings (SSSR count). The lowest BCUT2D eigenvalue weighted by Gasteiger charge is -2.38. The molecule has 0 aliphatic carbocycles. The molecule has 5 nitrogen and oxygen atoms in total. The summed E-state index contributed by atoms with van der Waals surface area (Å²) >= 11 is 0. The average molecular weight is 317 g/mol. The standard InChI is InChI=1S/C18H27N3O2/c1-4-17(5-2)20-9-11-21(12-10-20)18(23)15-7-6-8-16(13-15)19-14(3)22/h6-8,13,17H,4-5,9-12H2,1-3H3,(H,19,22). The van der Waals surface area contributed by atoms with E-state index in [4.69, 9.17) is 0 Å². The Kier molecular flexibility index (Phi) is 6.16. The molecule has 1 fully saturated rings. The third-order valence-electron chi connectivity index (χ3n) is 4.49. The average Bonchev–Trinajstić information content (AvgIpc) is 2.55. The van der Waals surface area contributed by atoms with Crippen LogP contribution in [0.15, 0.2) is 24.3 Å². The van der Waals surface area contributed by atoms with Gasteiger partial charge in [-0.05, 0) is 31.0 Å². The van der Waals surface area contributed by atoms with Crippen LogP contribution in [-0.4, -0.2) is 53.8 Å². The fourth-order valence-corrected chi connectivity index (χ4v) is 3.21. The number of hydrogen-bond donors (Lipinski definition) is 1. The van der Waals surface area contributed by atoms with E-state index in [1.54, 1.807) is 24.3 Å². The summed E-state index contributed by atoms with van der Waals surface area (Å²) in [6.45, 7) is 9.30. The van der Waals surface area contributed by atoms with Crippen LogP contribution in [0.1, 0.15) is 44.0 Å². The molecule has 23 heavy (non-hydrogen) atoms. The molecule has 1 heterocycles. The van der Waals surface area contributed by atoms with Crippen molar-refractivity contribution in [1.82, 2.24) is 9.80 Å². The van der Waals surface area contributed by atoms with Crippen LogP contribution in [0.2, 0.25) is 0 Å². The molecule has 1 aliphatic heterocycles. The Morgan fingerprint density at radius 3 is 2.35 bits per heavy atom. The number of amides is 2. The van der Waals surface area contributed by atoms with Gasteiger partial charge in [-0.25, -0.2) is 0 Å².